The molecule has 0 atom stereocenters. The van der Waals surface area contributed by atoms with Crippen LogP contribution in [0.5, 0.6) is 0 Å². The van der Waals surface area contributed by atoms with Crippen LogP contribution in [0.1, 0.15) is 13.8 Å². The fourth-order valence-electron chi connectivity index (χ4n) is 0.483. The van der Waals surface area contributed by atoms with E-state index in [1.165, 1.54) is 5.67 Å². The van der Waals surface area contributed by atoms with Gasteiger partial charge in [-0.2, -0.15) is 0 Å². The van der Waals surface area contributed by atoms with Crippen LogP contribution in [0.25, 0.3) is 0 Å². The molecule has 10 heavy (non-hydrogen) atoms. The van der Waals surface area contributed by atoms with Gasteiger partial charge in [0.15, 0.2) is 0 Å². The van der Waals surface area contributed by atoms with E-state index < -0.39 is 3.93 Å². The van der Waals surface area contributed by atoms with Crippen molar-refractivity contribution < 1.29 is 0 Å². The van der Waals surface area contributed by atoms with Gasteiger partial charge in [0.1, 0.15) is 0 Å². The molecule has 0 aliphatic rings. The van der Waals surface area contributed by atoms with Crippen molar-refractivity contribution in [2.24, 2.45) is 0 Å². The molecular formula is C5H11Br3Si2. The summed E-state index contributed by atoms with van der Waals surface area (Å²) in [5.41, 5.74) is 1.32. The summed E-state index contributed by atoms with van der Waals surface area (Å²) in [5.74, 6) is 0. The van der Waals surface area contributed by atoms with Crippen molar-refractivity contribution in [3.63, 3.8) is 0 Å². The quantitative estimate of drug-likeness (QED) is 0.531. The number of halogens is 3. The number of allylic oxidation sites excluding steroid dienone is 2. The Labute approximate surface area is 89.4 Å². The minimum Gasteiger partial charge on any atom is -0.0967 e. The molecule has 0 heterocycles. The van der Waals surface area contributed by atoms with E-state index in [-0.39, 0.29) is 9.52 Å². The van der Waals surface area contributed by atoms with E-state index in [9.17, 15) is 0 Å². The lowest BCUT2D eigenvalue weighted by Crippen LogP contribution is -2.11. The standard InChI is InChI=1S/C5H11Br3Si2/c1-3-5(2)9-4-10(6,7)8/h3H,4,9H2,1-2H3. The van der Waals surface area contributed by atoms with Crippen molar-refractivity contribution in [1.82, 2.24) is 0 Å². The lowest BCUT2D eigenvalue weighted by Gasteiger charge is -2.07. The molecule has 0 amide bonds. The largest absolute Gasteiger partial charge is 0.264 e. The molecule has 0 spiro atoms. The van der Waals surface area contributed by atoms with Gasteiger partial charge in [-0.15, -0.1) is 0 Å². The van der Waals surface area contributed by atoms with Crippen molar-refractivity contribution in [2.75, 3.05) is 0 Å². The molecule has 0 aromatic heterocycles. The topological polar surface area (TPSA) is 0 Å². The van der Waals surface area contributed by atoms with Gasteiger partial charge in [0.05, 0.1) is 0 Å². The zero-order valence-electron chi connectivity index (χ0n) is 6.13. The van der Waals surface area contributed by atoms with Crippen LogP contribution in [0, 0.1) is 0 Å². The molecule has 0 radical (unpaired) electrons. The second kappa shape index (κ2) is 5.29. The molecule has 60 valence electrons. The maximum absolute atomic E-state index is 3.62. The molecule has 0 bridgehead atoms. The molecule has 5 heteroatoms. The number of rotatable bonds is 3. The van der Waals surface area contributed by atoms with Crippen molar-refractivity contribution in [1.29, 1.82) is 0 Å². The van der Waals surface area contributed by atoms with Gasteiger partial charge < -0.3 is 0 Å². The Hall–Kier alpha value is 1.61. The molecule has 0 N–H and O–H groups in total. The normalized spacial score (nSPS) is 15.1. The Bertz CT molecular complexity index is 127. The van der Waals surface area contributed by atoms with Crippen molar-refractivity contribution in [2.45, 2.75) is 19.5 Å². The highest BCUT2D eigenvalue weighted by molar-refractivity contribution is 9.72. The number of hydrogen-bond acceptors (Lipinski definition) is 0. The first-order valence-electron chi connectivity index (χ1n) is 3.14. The summed E-state index contributed by atoms with van der Waals surface area (Å²) in [6.07, 6.45) is 2.22. The first-order valence-corrected chi connectivity index (χ1v) is 13.8. The molecule has 0 rings (SSSR count). The molecule has 0 aromatic rings. The van der Waals surface area contributed by atoms with Crippen molar-refractivity contribution in [3.8, 4) is 0 Å². The maximum atomic E-state index is 3.62. The summed E-state index contributed by atoms with van der Waals surface area (Å²) in [7, 11) is 0.0137. The van der Waals surface area contributed by atoms with Gasteiger partial charge in [0.2, 0.25) is 0 Å². The zero-order chi connectivity index (χ0) is 8.20. The van der Waals surface area contributed by atoms with Gasteiger partial charge in [0, 0.05) is 9.52 Å². The van der Waals surface area contributed by atoms with E-state index in [1.807, 2.05) is 0 Å². The molecule has 0 aliphatic carbocycles. The number of hydrogen-bond donors (Lipinski definition) is 0. The van der Waals surface area contributed by atoms with Crippen LogP contribution in [-0.4, -0.2) is 13.5 Å². The highest BCUT2D eigenvalue weighted by atomic mass is 80.0. The highest BCUT2D eigenvalue weighted by Gasteiger charge is 2.21. The third-order valence-electron chi connectivity index (χ3n) is 1.30. The minimum absolute atomic E-state index is 0.0137. The predicted octanol–water partition coefficient (Wildman–Crippen LogP) is 3.16. The van der Waals surface area contributed by atoms with E-state index in [2.05, 4.69) is 65.8 Å². The Morgan fingerprint density at radius 1 is 1.50 bits per heavy atom. The lowest BCUT2D eigenvalue weighted by molar-refractivity contribution is 1.56. The summed E-state index contributed by atoms with van der Waals surface area (Å²) in [6, 6.07) is 0. The summed E-state index contributed by atoms with van der Waals surface area (Å²) >= 11 is 10.8. The van der Waals surface area contributed by atoms with Gasteiger partial charge >= 0.3 is 0 Å². The lowest BCUT2D eigenvalue weighted by atomic mass is 10.6. The Morgan fingerprint density at radius 2 is 2.00 bits per heavy atom. The fraction of sp³-hybridized carbons (Fsp3) is 0.600. The summed E-state index contributed by atoms with van der Waals surface area (Å²) in [4.78, 5) is 0. The molecular weight excluding hydrogens is 356 g/mol. The maximum Gasteiger partial charge on any atom is 0.264 e. The SMILES string of the molecule is CC=C(C)[SiH2]C[Si](Br)(Br)Br. The van der Waals surface area contributed by atoms with Crippen LogP contribution in [-0.2, 0) is 0 Å². The molecule has 0 aromatic carbocycles. The van der Waals surface area contributed by atoms with Gasteiger partial charge in [0.25, 0.3) is 3.93 Å². The Morgan fingerprint density at radius 3 is 2.30 bits per heavy atom. The fourth-order valence-corrected chi connectivity index (χ4v) is 8.84. The van der Waals surface area contributed by atoms with E-state index in [0.29, 0.717) is 0 Å². The van der Waals surface area contributed by atoms with E-state index >= 15 is 0 Å². The van der Waals surface area contributed by atoms with Gasteiger partial charge in [-0.1, -0.05) is 57.1 Å². The second-order valence-corrected chi connectivity index (χ2v) is 28.9. The molecule has 0 saturated carbocycles. The Balaban J connectivity index is 3.56. The molecule has 0 saturated heterocycles. The average Bonchev–Trinajstić information content (AvgIpc) is 1.81. The Kier molecular flexibility index (Phi) is 6.15. The highest BCUT2D eigenvalue weighted by Crippen LogP contribution is 2.31. The first kappa shape index (κ1) is 11.6. The molecule has 0 aliphatic heterocycles. The third kappa shape index (κ3) is 7.72. The van der Waals surface area contributed by atoms with Crippen LogP contribution in [0.3, 0.4) is 0 Å². The minimum atomic E-state index is -1.28. The molecule has 0 unspecified atom stereocenters. The van der Waals surface area contributed by atoms with E-state index in [4.69, 9.17) is 0 Å². The zero-order valence-corrected chi connectivity index (χ0v) is 13.3. The van der Waals surface area contributed by atoms with Crippen LogP contribution in [0.2, 0.25) is 5.67 Å². The third-order valence-corrected chi connectivity index (χ3v) is 16.5. The van der Waals surface area contributed by atoms with Crippen LogP contribution in [0.4, 0.5) is 0 Å². The van der Waals surface area contributed by atoms with Gasteiger partial charge in [-0.25, -0.2) is 0 Å². The van der Waals surface area contributed by atoms with Crippen LogP contribution >= 0.6 is 45.9 Å². The monoisotopic (exact) mass is 364 g/mol. The van der Waals surface area contributed by atoms with Crippen molar-refractivity contribution >= 4 is 59.3 Å². The predicted molar refractivity (Wildman–Crippen MR) is 65.3 cm³/mol. The van der Waals surface area contributed by atoms with E-state index in [1.54, 1.807) is 5.20 Å². The molecule has 0 nitrogen and oxygen atoms in total. The van der Waals surface area contributed by atoms with Crippen LogP contribution in [0.15, 0.2) is 11.3 Å². The van der Waals surface area contributed by atoms with Gasteiger partial charge in [-0.3, -0.25) is 0 Å². The molecule has 0 fully saturated rings. The first-order chi connectivity index (χ1) is 4.45. The summed E-state index contributed by atoms with van der Waals surface area (Å²) < 4.78 is -1.28. The van der Waals surface area contributed by atoms with Crippen molar-refractivity contribution in [3.05, 3.63) is 11.3 Å². The summed E-state index contributed by atoms with van der Waals surface area (Å²) in [5, 5.41) is 1.59. The van der Waals surface area contributed by atoms with Crippen LogP contribution < -0.4 is 0 Å². The summed E-state index contributed by atoms with van der Waals surface area (Å²) in [6.45, 7) is 4.33. The van der Waals surface area contributed by atoms with E-state index in [0.717, 1.165) is 0 Å². The average molecular weight is 367 g/mol. The van der Waals surface area contributed by atoms with Gasteiger partial charge in [-0.05, 0) is 19.5 Å². The smallest absolute Gasteiger partial charge is 0.0967 e. The second-order valence-electron chi connectivity index (χ2n) is 2.25.